The number of amides is 1. The van der Waals surface area contributed by atoms with Crippen molar-refractivity contribution >= 4 is 28.6 Å². The van der Waals surface area contributed by atoms with Crippen molar-refractivity contribution in [2.45, 2.75) is 31.6 Å². The molecule has 0 radical (unpaired) electrons. The second kappa shape index (κ2) is 7.34. The van der Waals surface area contributed by atoms with Crippen LogP contribution in [0.25, 0.3) is 22.4 Å². The zero-order chi connectivity index (χ0) is 23.7. The number of piperidine rings is 1. The summed E-state index contributed by atoms with van der Waals surface area (Å²) >= 11 is 0. The molecule has 0 unspecified atom stereocenters. The average Bonchev–Trinajstić information content (AvgIpc) is 3.12. The van der Waals surface area contributed by atoms with Crippen molar-refractivity contribution in [3.63, 3.8) is 0 Å². The molecule has 176 valence electrons. The van der Waals surface area contributed by atoms with Crippen molar-refractivity contribution in [3.8, 4) is 11.3 Å². The van der Waals surface area contributed by atoms with Crippen LogP contribution in [0.15, 0.2) is 48.7 Å². The first-order chi connectivity index (χ1) is 17.1. The zero-order valence-corrected chi connectivity index (χ0v) is 19.4. The van der Waals surface area contributed by atoms with Crippen LogP contribution < -0.4 is 10.2 Å². The van der Waals surface area contributed by atoms with Gasteiger partial charge in [-0.25, -0.2) is 14.4 Å². The summed E-state index contributed by atoms with van der Waals surface area (Å²) in [7, 11) is 0. The highest BCUT2D eigenvalue weighted by atomic mass is 19.1. The standard InChI is InChI=1S/C27H25FN6O/c1-2-27(18-5-3-4-6-20(18)28)17-9-10-34(14-19(17)27)22-13-29-25-24(32-33-26(25)31-22)16-8-7-15-12-23(35)30-21(15)11-16/h3-8,11,13,17,19H,2,9-10,12,14H2,1H3,(H,30,35)(H,31,32,33)/t17-,19+,27-/m1/s1. The maximum atomic E-state index is 14.7. The number of H-pyrrole nitrogens is 1. The molecule has 1 amide bonds. The fourth-order valence-electron chi connectivity index (χ4n) is 6.65. The lowest BCUT2D eigenvalue weighted by atomic mass is 9.88. The van der Waals surface area contributed by atoms with Gasteiger partial charge in [0.05, 0.1) is 18.3 Å². The van der Waals surface area contributed by atoms with Crippen molar-refractivity contribution in [2.75, 3.05) is 23.3 Å². The topological polar surface area (TPSA) is 86.8 Å². The van der Waals surface area contributed by atoms with Gasteiger partial charge in [0.1, 0.15) is 17.2 Å². The van der Waals surface area contributed by atoms with Crippen LogP contribution in [-0.4, -0.2) is 39.2 Å². The molecule has 3 aliphatic rings. The Morgan fingerprint density at radius 1 is 1.20 bits per heavy atom. The van der Waals surface area contributed by atoms with Crippen molar-refractivity contribution in [3.05, 3.63) is 65.6 Å². The van der Waals surface area contributed by atoms with Gasteiger partial charge in [0.25, 0.3) is 0 Å². The van der Waals surface area contributed by atoms with Crippen molar-refractivity contribution in [2.24, 2.45) is 11.8 Å². The number of aromatic amines is 1. The van der Waals surface area contributed by atoms with Gasteiger partial charge in [0.15, 0.2) is 0 Å². The zero-order valence-electron chi connectivity index (χ0n) is 19.4. The van der Waals surface area contributed by atoms with Gasteiger partial charge >= 0.3 is 0 Å². The number of anilines is 2. The van der Waals surface area contributed by atoms with Crippen LogP contribution in [0.5, 0.6) is 0 Å². The molecule has 2 N–H and O–H groups in total. The van der Waals surface area contributed by atoms with E-state index in [1.54, 1.807) is 12.1 Å². The molecule has 4 heterocycles. The number of hydrogen-bond acceptors (Lipinski definition) is 5. The summed E-state index contributed by atoms with van der Waals surface area (Å²) < 4.78 is 14.7. The first-order valence-corrected chi connectivity index (χ1v) is 12.2. The van der Waals surface area contributed by atoms with Crippen molar-refractivity contribution < 1.29 is 9.18 Å². The molecule has 2 fully saturated rings. The summed E-state index contributed by atoms with van der Waals surface area (Å²) in [5, 5.41) is 10.4. The Morgan fingerprint density at radius 2 is 2.09 bits per heavy atom. The number of fused-ring (bicyclic) bond motifs is 3. The van der Waals surface area contributed by atoms with Crippen LogP contribution >= 0.6 is 0 Å². The third-order valence-electron chi connectivity index (χ3n) is 8.39. The predicted octanol–water partition coefficient (Wildman–Crippen LogP) is 4.46. The van der Waals surface area contributed by atoms with E-state index in [1.165, 1.54) is 0 Å². The monoisotopic (exact) mass is 468 g/mol. The Balaban J connectivity index is 1.17. The number of rotatable bonds is 4. The lowest BCUT2D eigenvalue weighted by Gasteiger charge is -2.26. The average molecular weight is 469 g/mol. The molecule has 2 aliphatic heterocycles. The van der Waals surface area contributed by atoms with Gasteiger partial charge in [-0.1, -0.05) is 37.3 Å². The normalized spacial score (nSPS) is 24.9. The van der Waals surface area contributed by atoms with Gasteiger partial charge in [-0.05, 0) is 47.9 Å². The highest BCUT2D eigenvalue weighted by Crippen LogP contribution is 2.65. The molecule has 2 aromatic heterocycles. The van der Waals surface area contributed by atoms with Gasteiger partial charge in [0, 0.05) is 29.8 Å². The van der Waals surface area contributed by atoms with Gasteiger partial charge in [-0.2, -0.15) is 5.10 Å². The number of hydrogen-bond donors (Lipinski definition) is 2. The Hall–Kier alpha value is -3.81. The summed E-state index contributed by atoms with van der Waals surface area (Å²) in [6.45, 7) is 3.89. The van der Waals surface area contributed by atoms with E-state index in [0.29, 0.717) is 29.4 Å². The molecule has 35 heavy (non-hydrogen) atoms. The van der Waals surface area contributed by atoms with E-state index in [2.05, 4.69) is 27.3 Å². The summed E-state index contributed by atoms with van der Waals surface area (Å²) in [6, 6.07) is 13.2. The highest BCUT2D eigenvalue weighted by molar-refractivity contribution is 6.00. The number of carbonyl (C=O) groups excluding carboxylic acids is 1. The van der Waals surface area contributed by atoms with E-state index in [0.717, 1.165) is 59.8 Å². The van der Waals surface area contributed by atoms with Gasteiger partial charge in [0.2, 0.25) is 11.6 Å². The lowest BCUT2D eigenvalue weighted by Crippen LogP contribution is -2.32. The molecule has 1 aliphatic carbocycles. The summed E-state index contributed by atoms with van der Waals surface area (Å²) in [6.07, 6.45) is 4.18. The van der Waals surface area contributed by atoms with E-state index in [-0.39, 0.29) is 17.1 Å². The molecule has 7 nitrogen and oxygen atoms in total. The Kier molecular flexibility index (Phi) is 4.31. The molecule has 3 atom stereocenters. The molecule has 8 heteroatoms. The molecule has 1 saturated carbocycles. The van der Waals surface area contributed by atoms with E-state index < -0.39 is 0 Å². The van der Waals surface area contributed by atoms with Gasteiger partial charge in [-0.15, -0.1) is 0 Å². The van der Waals surface area contributed by atoms with Crippen LogP contribution in [0.3, 0.4) is 0 Å². The molecule has 0 spiro atoms. The van der Waals surface area contributed by atoms with E-state index >= 15 is 0 Å². The van der Waals surface area contributed by atoms with Crippen LogP contribution in [0.1, 0.15) is 30.9 Å². The SMILES string of the molecule is CC[C@]1(c2ccccc2F)[C@@H]2CCN(c3cnc4c(-c5ccc6c(c5)NC(=O)C6)[nH]nc4n3)C[C@@H]21. The quantitative estimate of drug-likeness (QED) is 0.462. The number of halogens is 1. The fourth-order valence-corrected chi connectivity index (χ4v) is 6.65. The molecule has 0 bridgehead atoms. The first-order valence-electron chi connectivity index (χ1n) is 12.2. The second-order valence-corrected chi connectivity index (χ2v) is 9.92. The lowest BCUT2D eigenvalue weighted by molar-refractivity contribution is -0.115. The molecule has 2 aromatic carbocycles. The number of carbonyl (C=O) groups is 1. The van der Waals surface area contributed by atoms with E-state index in [9.17, 15) is 9.18 Å². The summed E-state index contributed by atoms with van der Waals surface area (Å²) in [4.78, 5) is 23.5. The van der Waals surface area contributed by atoms with E-state index in [1.807, 2.05) is 36.5 Å². The fraction of sp³-hybridized carbons (Fsp3) is 0.333. The second-order valence-electron chi connectivity index (χ2n) is 9.92. The third-order valence-corrected chi connectivity index (χ3v) is 8.39. The van der Waals surface area contributed by atoms with Crippen LogP contribution in [-0.2, 0) is 16.6 Å². The predicted molar refractivity (Wildman–Crippen MR) is 132 cm³/mol. The molecular weight excluding hydrogens is 443 g/mol. The minimum Gasteiger partial charge on any atom is -0.355 e. The third kappa shape index (κ3) is 2.95. The number of nitrogens with one attached hydrogen (secondary N) is 2. The van der Waals surface area contributed by atoms with Crippen molar-refractivity contribution in [1.82, 2.24) is 20.2 Å². The Bertz CT molecular complexity index is 1500. The number of benzene rings is 2. The van der Waals surface area contributed by atoms with Crippen LogP contribution in [0.4, 0.5) is 15.9 Å². The maximum absolute atomic E-state index is 14.7. The van der Waals surface area contributed by atoms with Crippen molar-refractivity contribution in [1.29, 1.82) is 0 Å². The Morgan fingerprint density at radius 3 is 2.94 bits per heavy atom. The first kappa shape index (κ1) is 20.6. The van der Waals surface area contributed by atoms with Gasteiger partial charge < -0.3 is 10.2 Å². The smallest absolute Gasteiger partial charge is 0.228 e. The minimum absolute atomic E-state index is 0.0116. The Labute approximate surface area is 201 Å². The number of nitrogens with zero attached hydrogens (tertiary/aromatic N) is 4. The maximum Gasteiger partial charge on any atom is 0.228 e. The molecule has 1 saturated heterocycles. The summed E-state index contributed by atoms with van der Waals surface area (Å²) in [5.41, 5.74) is 5.58. The molecular formula is C27H25FN6O. The molecule has 4 aromatic rings. The number of aromatic nitrogens is 4. The van der Waals surface area contributed by atoms with Gasteiger partial charge in [-0.3, -0.25) is 9.89 Å². The minimum atomic E-state index is -0.0910. The molecule has 7 rings (SSSR count). The largest absolute Gasteiger partial charge is 0.355 e. The van der Waals surface area contributed by atoms with Crippen LogP contribution in [0, 0.1) is 17.7 Å². The highest BCUT2D eigenvalue weighted by Gasteiger charge is 2.65. The van der Waals surface area contributed by atoms with E-state index in [4.69, 9.17) is 9.97 Å². The van der Waals surface area contributed by atoms with Crippen LogP contribution in [0.2, 0.25) is 0 Å². The summed E-state index contributed by atoms with van der Waals surface area (Å²) in [5.74, 6) is 1.64.